The molecule has 4 rings (SSSR count). The van der Waals surface area contributed by atoms with Gasteiger partial charge in [-0.15, -0.1) is 0 Å². The molecule has 0 spiro atoms. The van der Waals surface area contributed by atoms with E-state index in [1.54, 1.807) is 13.8 Å². The van der Waals surface area contributed by atoms with Gasteiger partial charge < -0.3 is 19.9 Å². The van der Waals surface area contributed by atoms with Crippen LogP contribution in [0.4, 0.5) is 4.79 Å². The number of nitrogens with zero attached hydrogens (tertiary/aromatic N) is 1. The molecule has 39 heavy (non-hydrogen) atoms. The van der Waals surface area contributed by atoms with E-state index in [-0.39, 0.29) is 36.9 Å². The minimum absolute atomic E-state index is 0.0258. The van der Waals surface area contributed by atoms with Crippen molar-refractivity contribution in [2.75, 3.05) is 6.61 Å². The molecule has 3 aliphatic rings. The van der Waals surface area contributed by atoms with Crippen molar-refractivity contribution in [1.82, 2.24) is 4.90 Å². The van der Waals surface area contributed by atoms with Gasteiger partial charge in [0.2, 0.25) is 11.5 Å². The molecule has 1 aromatic rings. The maximum absolute atomic E-state index is 14.0. The van der Waals surface area contributed by atoms with Gasteiger partial charge in [-0.1, -0.05) is 75.3 Å². The van der Waals surface area contributed by atoms with Gasteiger partial charge >= 0.3 is 12.1 Å². The zero-order valence-corrected chi connectivity index (χ0v) is 23.6. The number of esters is 1. The molecule has 0 bridgehead atoms. The number of nitrogens with two attached hydrogens (primary N) is 1. The van der Waals surface area contributed by atoms with Crippen molar-refractivity contribution in [2.24, 2.45) is 17.6 Å². The number of ketones is 1. The van der Waals surface area contributed by atoms with Crippen molar-refractivity contribution in [1.29, 1.82) is 0 Å². The Morgan fingerprint density at radius 3 is 2.38 bits per heavy atom. The lowest BCUT2D eigenvalue weighted by atomic mass is 9.83. The van der Waals surface area contributed by atoms with Crippen LogP contribution in [-0.4, -0.2) is 53.3 Å². The first-order chi connectivity index (χ1) is 18.9. The molecule has 5 atom stereocenters. The van der Waals surface area contributed by atoms with Gasteiger partial charge in [0.15, 0.2) is 0 Å². The molecule has 0 radical (unpaired) electrons. The smallest absolute Gasteiger partial charge is 0.465 e. The summed E-state index contributed by atoms with van der Waals surface area (Å²) in [5.74, 6) is -0.0751. The molecule has 2 unspecified atom stereocenters. The third-order valence-corrected chi connectivity index (χ3v) is 8.90. The van der Waals surface area contributed by atoms with E-state index in [0.29, 0.717) is 18.8 Å². The van der Waals surface area contributed by atoms with Gasteiger partial charge in [0, 0.05) is 12.5 Å². The Morgan fingerprint density at radius 2 is 1.69 bits per heavy atom. The number of hydrogen-bond acceptors (Lipinski definition) is 8. The average molecular weight is 543 g/mol. The number of ether oxygens (including phenoxy) is 3. The highest BCUT2D eigenvalue weighted by atomic mass is 16.7. The van der Waals surface area contributed by atoms with Crippen LogP contribution in [0.25, 0.3) is 0 Å². The fraction of sp³-hybridized carbons (Fsp3) is 0.710. The van der Waals surface area contributed by atoms with Crippen LogP contribution in [0.3, 0.4) is 0 Å². The summed E-state index contributed by atoms with van der Waals surface area (Å²) in [6.07, 6.45) is 10.6. The van der Waals surface area contributed by atoms with E-state index in [1.807, 2.05) is 35.2 Å². The summed E-state index contributed by atoms with van der Waals surface area (Å²) in [6.45, 7) is 3.68. The first kappa shape index (κ1) is 29.5. The molecule has 0 amide bonds. The van der Waals surface area contributed by atoms with Gasteiger partial charge in [0.1, 0.15) is 12.6 Å². The summed E-state index contributed by atoms with van der Waals surface area (Å²) in [4.78, 5) is 42.7. The summed E-state index contributed by atoms with van der Waals surface area (Å²) in [5.41, 5.74) is 5.35. The minimum atomic E-state index is -1.66. The molecule has 8 nitrogen and oxygen atoms in total. The first-order valence-corrected chi connectivity index (χ1v) is 15.0. The lowest BCUT2D eigenvalue weighted by molar-refractivity contribution is -0.181. The second-order valence-electron chi connectivity index (χ2n) is 11.6. The van der Waals surface area contributed by atoms with Crippen molar-refractivity contribution in [2.45, 2.75) is 121 Å². The lowest BCUT2D eigenvalue weighted by Crippen LogP contribution is -2.64. The van der Waals surface area contributed by atoms with E-state index < -0.39 is 24.0 Å². The molecule has 2 aliphatic carbocycles. The molecule has 3 fully saturated rings. The second kappa shape index (κ2) is 13.8. The van der Waals surface area contributed by atoms with Gasteiger partial charge in [0.25, 0.3) is 0 Å². The normalized spacial score (nSPS) is 27.3. The summed E-state index contributed by atoms with van der Waals surface area (Å²) in [5, 5.41) is 0. The van der Waals surface area contributed by atoms with Crippen molar-refractivity contribution in [3.63, 3.8) is 0 Å². The van der Waals surface area contributed by atoms with Gasteiger partial charge in [0.05, 0.1) is 12.6 Å². The minimum Gasteiger partial charge on any atom is -0.465 e. The third kappa shape index (κ3) is 7.01. The van der Waals surface area contributed by atoms with Crippen LogP contribution in [0.2, 0.25) is 0 Å². The zero-order valence-electron chi connectivity index (χ0n) is 23.6. The molecular weight excluding hydrogens is 496 g/mol. The number of benzene rings is 1. The second-order valence-corrected chi connectivity index (χ2v) is 11.6. The standard InChI is InChI=1S/C31H46N2O6/c1-3-37-29(35)27(19-18-23-12-6-4-7-13-23)33-26-17-11-10-16-25(26)20-31(33,28(34)22(2)32)39-30(36)38-21-24-14-8-5-9-15-24/h5,8-9,14-15,22-23,25-27H,3-4,6-7,10-13,16-21,32H2,1-2H3/t22?,25-,26-,27?,31-/m0/s1. The van der Waals surface area contributed by atoms with Crippen LogP contribution < -0.4 is 5.73 Å². The van der Waals surface area contributed by atoms with Gasteiger partial charge in [-0.05, 0) is 56.9 Å². The number of likely N-dealkylation sites (tertiary alicyclic amines) is 1. The highest BCUT2D eigenvalue weighted by molar-refractivity contribution is 5.93. The Balaban J connectivity index is 1.65. The molecule has 0 aromatic heterocycles. The van der Waals surface area contributed by atoms with Crippen LogP contribution in [0.15, 0.2) is 30.3 Å². The highest BCUT2D eigenvalue weighted by Crippen LogP contribution is 2.49. The van der Waals surface area contributed by atoms with Crippen LogP contribution in [0.1, 0.15) is 96.5 Å². The lowest BCUT2D eigenvalue weighted by Gasteiger charge is -2.44. The maximum Gasteiger partial charge on any atom is 0.510 e. The largest absolute Gasteiger partial charge is 0.510 e. The quantitative estimate of drug-likeness (QED) is 0.365. The molecule has 2 saturated carbocycles. The van der Waals surface area contributed by atoms with Gasteiger partial charge in [-0.25, -0.2) is 9.69 Å². The topological polar surface area (TPSA) is 108 Å². The van der Waals surface area contributed by atoms with Crippen molar-refractivity contribution < 1.29 is 28.6 Å². The predicted octanol–water partition coefficient (Wildman–Crippen LogP) is 5.51. The maximum atomic E-state index is 14.0. The summed E-state index contributed by atoms with van der Waals surface area (Å²) in [6, 6.07) is 7.70. The van der Waals surface area contributed by atoms with Crippen molar-refractivity contribution >= 4 is 17.9 Å². The Hall–Kier alpha value is -2.45. The molecule has 1 aromatic carbocycles. The first-order valence-electron chi connectivity index (χ1n) is 15.0. The zero-order chi connectivity index (χ0) is 27.8. The molecule has 2 N–H and O–H groups in total. The van der Waals surface area contributed by atoms with E-state index in [2.05, 4.69) is 0 Å². The van der Waals surface area contributed by atoms with Crippen molar-refractivity contribution in [3.8, 4) is 0 Å². The molecule has 216 valence electrons. The van der Waals surface area contributed by atoms with Gasteiger partial charge in [-0.2, -0.15) is 0 Å². The number of carbonyl (C=O) groups excluding carboxylic acids is 3. The Labute approximate surface area is 232 Å². The van der Waals surface area contributed by atoms with Crippen LogP contribution in [0.5, 0.6) is 0 Å². The molecule has 1 heterocycles. The van der Waals surface area contributed by atoms with Crippen LogP contribution in [-0.2, 0) is 30.4 Å². The average Bonchev–Trinajstić information content (AvgIpc) is 3.27. The summed E-state index contributed by atoms with van der Waals surface area (Å²) < 4.78 is 17.2. The summed E-state index contributed by atoms with van der Waals surface area (Å²) in [7, 11) is 0. The Kier molecular flexibility index (Phi) is 10.4. The third-order valence-electron chi connectivity index (χ3n) is 8.90. The summed E-state index contributed by atoms with van der Waals surface area (Å²) >= 11 is 0. The molecule has 8 heteroatoms. The number of carbonyl (C=O) groups is 3. The number of Topliss-reactive ketones (excluding diaryl/α,β-unsaturated/α-hetero) is 1. The van der Waals surface area contributed by atoms with E-state index in [0.717, 1.165) is 50.5 Å². The Bertz CT molecular complexity index is 963. The monoisotopic (exact) mass is 542 g/mol. The van der Waals surface area contributed by atoms with E-state index in [9.17, 15) is 14.4 Å². The van der Waals surface area contributed by atoms with E-state index >= 15 is 0 Å². The van der Waals surface area contributed by atoms with Crippen LogP contribution in [0, 0.1) is 11.8 Å². The number of fused-ring (bicyclic) bond motifs is 1. The Morgan fingerprint density at radius 1 is 1.00 bits per heavy atom. The number of rotatable bonds is 11. The molecule has 1 aliphatic heterocycles. The fourth-order valence-corrected chi connectivity index (χ4v) is 7.09. The fourth-order valence-electron chi connectivity index (χ4n) is 7.09. The SMILES string of the molecule is CCOC(=O)C(CCC1CCCCC1)N1[C@H]2CCCC[C@H]2C[C@]1(OC(=O)OCc1ccccc1)C(=O)C(C)N. The van der Waals surface area contributed by atoms with Crippen LogP contribution >= 0.6 is 0 Å². The number of hydrogen-bond donors (Lipinski definition) is 1. The van der Waals surface area contributed by atoms with Gasteiger partial charge in [-0.3, -0.25) is 9.59 Å². The predicted molar refractivity (Wildman–Crippen MR) is 148 cm³/mol. The van der Waals surface area contributed by atoms with E-state index in [4.69, 9.17) is 19.9 Å². The highest BCUT2D eigenvalue weighted by Gasteiger charge is 2.62. The van der Waals surface area contributed by atoms with Crippen molar-refractivity contribution in [3.05, 3.63) is 35.9 Å². The molecule has 1 saturated heterocycles. The molecular formula is C31H46N2O6. The van der Waals surface area contributed by atoms with E-state index in [1.165, 1.54) is 19.3 Å².